The molecule has 1 aliphatic heterocycles. The number of nitrogens with one attached hydrogen (secondary N) is 1. The Hall–Kier alpha value is -2.14. The minimum absolute atomic E-state index is 0.295. The number of hydrogen-bond acceptors (Lipinski definition) is 5. The van der Waals surface area contributed by atoms with Crippen molar-refractivity contribution < 1.29 is 5.11 Å². The van der Waals surface area contributed by atoms with Crippen molar-refractivity contribution in [3.05, 3.63) is 36.2 Å². The van der Waals surface area contributed by atoms with Crippen molar-refractivity contribution in [2.45, 2.75) is 38.1 Å². The molecule has 0 bridgehead atoms. The summed E-state index contributed by atoms with van der Waals surface area (Å²) < 4.78 is 0. The molecule has 5 heteroatoms. The Morgan fingerprint density at radius 2 is 2.04 bits per heavy atom. The molecule has 1 fully saturated rings. The Kier molecular flexibility index (Phi) is 5.30. The second kappa shape index (κ2) is 7.62. The number of phenols is 1. The fraction of sp³-hybridized carbons (Fsp3) is 0.474. The number of aromatic nitrogens is 2. The van der Waals surface area contributed by atoms with Crippen molar-refractivity contribution in [3.63, 3.8) is 0 Å². The van der Waals surface area contributed by atoms with Crippen molar-refractivity contribution in [2.24, 2.45) is 0 Å². The van der Waals surface area contributed by atoms with Crippen molar-refractivity contribution in [3.8, 4) is 17.0 Å². The van der Waals surface area contributed by atoms with Gasteiger partial charge in [-0.3, -0.25) is 0 Å². The van der Waals surface area contributed by atoms with E-state index < -0.39 is 0 Å². The molecule has 2 aromatic rings. The molecule has 3 rings (SSSR count). The summed E-state index contributed by atoms with van der Waals surface area (Å²) in [6.07, 6.45) is 7.50. The van der Waals surface area contributed by atoms with Crippen LogP contribution < -0.4 is 10.2 Å². The van der Waals surface area contributed by atoms with Crippen LogP contribution in [0.5, 0.6) is 5.75 Å². The predicted octanol–water partition coefficient (Wildman–Crippen LogP) is 2.99. The first-order chi connectivity index (χ1) is 11.6. The average molecular weight is 326 g/mol. The van der Waals surface area contributed by atoms with Gasteiger partial charge in [-0.1, -0.05) is 6.42 Å². The molecule has 0 aliphatic carbocycles. The van der Waals surface area contributed by atoms with Crippen molar-refractivity contribution in [1.29, 1.82) is 0 Å². The molecule has 1 aromatic heterocycles. The minimum Gasteiger partial charge on any atom is -0.508 e. The van der Waals surface area contributed by atoms with Crippen LogP contribution in [0.25, 0.3) is 11.3 Å². The number of hydrogen-bond donors (Lipinski definition) is 2. The molecule has 1 atom stereocenters. The molecule has 0 amide bonds. The lowest BCUT2D eigenvalue weighted by Gasteiger charge is -2.23. The first-order valence-corrected chi connectivity index (χ1v) is 8.68. The highest BCUT2D eigenvalue weighted by Crippen LogP contribution is 2.26. The minimum atomic E-state index is 0.295. The van der Waals surface area contributed by atoms with Crippen LogP contribution >= 0.6 is 0 Å². The summed E-state index contributed by atoms with van der Waals surface area (Å²) in [4.78, 5) is 10.6. The molecular weight excluding hydrogens is 300 g/mol. The zero-order chi connectivity index (χ0) is 16.9. The summed E-state index contributed by atoms with van der Waals surface area (Å²) in [5.41, 5.74) is 2.93. The lowest BCUT2D eigenvalue weighted by molar-refractivity contribution is 0.382. The lowest BCUT2D eigenvalue weighted by Crippen LogP contribution is -2.34. The maximum atomic E-state index is 10.1. The summed E-state index contributed by atoms with van der Waals surface area (Å²) >= 11 is 0. The molecule has 0 saturated carbocycles. The van der Waals surface area contributed by atoms with Gasteiger partial charge < -0.3 is 15.3 Å². The highest BCUT2D eigenvalue weighted by Gasteiger charge is 2.13. The molecule has 1 aromatic carbocycles. The summed E-state index contributed by atoms with van der Waals surface area (Å²) in [6.45, 7) is 1.13. The van der Waals surface area contributed by atoms with Crippen LogP contribution in [0.3, 0.4) is 0 Å². The largest absolute Gasteiger partial charge is 0.508 e. The van der Waals surface area contributed by atoms with Crippen LogP contribution in [0.15, 0.2) is 30.6 Å². The highest BCUT2D eigenvalue weighted by atomic mass is 16.3. The molecule has 2 heterocycles. The molecule has 0 spiro atoms. The van der Waals surface area contributed by atoms with E-state index in [1.54, 1.807) is 12.4 Å². The van der Waals surface area contributed by atoms with Gasteiger partial charge in [0.15, 0.2) is 0 Å². The number of rotatable bonds is 5. The molecule has 1 saturated heterocycles. The molecular formula is C19H26N4O. The van der Waals surface area contributed by atoms with Gasteiger partial charge in [-0.15, -0.1) is 0 Å². The van der Waals surface area contributed by atoms with E-state index in [1.807, 2.05) is 31.1 Å². The smallest absolute Gasteiger partial charge is 0.132 e. The van der Waals surface area contributed by atoms with Gasteiger partial charge in [0.2, 0.25) is 0 Å². The Morgan fingerprint density at radius 1 is 1.17 bits per heavy atom. The Bertz CT molecular complexity index is 681. The van der Waals surface area contributed by atoms with Gasteiger partial charge in [0.05, 0.1) is 5.69 Å². The van der Waals surface area contributed by atoms with Gasteiger partial charge in [-0.2, -0.15) is 0 Å². The first kappa shape index (κ1) is 16.7. The zero-order valence-electron chi connectivity index (χ0n) is 14.5. The molecule has 0 unspecified atom stereocenters. The average Bonchev–Trinajstić information content (AvgIpc) is 2.60. The Morgan fingerprint density at radius 3 is 2.79 bits per heavy atom. The molecule has 1 aliphatic rings. The van der Waals surface area contributed by atoms with Crippen LogP contribution in [0.1, 0.15) is 31.2 Å². The summed E-state index contributed by atoms with van der Waals surface area (Å²) in [5.74, 6) is 1.15. The Labute approximate surface area is 143 Å². The lowest BCUT2D eigenvalue weighted by atomic mass is 9.96. The van der Waals surface area contributed by atoms with Gasteiger partial charge in [0.25, 0.3) is 0 Å². The van der Waals surface area contributed by atoms with E-state index in [0.29, 0.717) is 11.8 Å². The van der Waals surface area contributed by atoms with E-state index in [2.05, 4.69) is 21.4 Å². The number of nitrogens with zero attached hydrogens (tertiary/aromatic N) is 3. The van der Waals surface area contributed by atoms with E-state index in [1.165, 1.54) is 19.3 Å². The van der Waals surface area contributed by atoms with Crippen LogP contribution in [0, 0.1) is 0 Å². The summed E-state index contributed by atoms with van der Waals surface area (Å²) in [7, 11) is 3.91. The maximum Gasteiger partial charge on any atom is 0.132 e. The van der Waals surface area contributed by atoms with Crippen LogP contribution in [0.2, 0.25) is 0 Å². The number of aryl methyl sites for hydroxylation is 1. The number of anilines is 1. The fourth-order valence-corrected chi connectivity index (χ4v) is 3.23. The summed E-state index contributed by atoms with van der Waals surface area (Å²) in [6, 6.07) is 8.31. The summed E-state index contributed by atoms with van der Waals surface area (Å²) in [5, 5.41) is 13.7. The number of benzene rings is 1. The second-order valence-corrected chi connectivity index (χ2v) is 6.73. The third-order valence-electron chi connectivity index (χ3n) is 4.58. The van der Waals surface area contributed by atoms with Crippen LogP contribution in [-0.2, 0) is 6.42 Å². The van der Waals surface area contributed by atoms with Gasteiger partial charge in [0, 0.05) is 31.8 Å². The van der Waals surface area contributed by atoms with E-state index in [4.69, 9.17) is 0 Å². The van der Waals surface area contributed by atoms with Crippen molar-refractivity contribution >= 4 is 5.82 Å². The predicted molar refractivity (Wildman–Crippen MR) is 97.4 cm³/mol. The van der Waals surface area contributed by atoms with Crippen LogP contribution in [0.4, 0.5) is 5.82 Å². The topological polar surface area (TPSA) is 61.3 Å². The van der Waals surface area contributed by atoms with Crippen molar-refractivity contribution in [2.75, 3.05) is 25.5 Å². The number of phenolic OH excluding ortho intramolecular Hbond substituents is 1. The van der Waals surface area contributed by atoms with Gasteiger partial charge >= 0.3 is 0 Å². The normalized spacial score (nSPS) is 17.7. The number of piperidine rings is 1. The second-order valence-electron chi connectivity index (χ2n) is 6.73. The van der Waals surface area contributed by atoms with Crippen molar-refractivity contribution in [1.82, 2.24) is 15.3 Å². The van der Waals surface area contributed by atoms with Crippen LogP contribution in [-0.4, -0.2) is 41.8 Å². The van der Waals surface area contributed by atoms with E-state index in [-0.39, 0.29) is 0 Å². The number of aromatic hydroxyl groups is 1. The van der Waals surface area contributed by atoms with Gasteiger partial charge in [0.1, 0.15) is 17.9 Å². The van der Waals surface area contributed by atoms with E-state index in [9.17, 15) is 5.11 Å². The van der Waals surface area contributed by atoms with Gasteiger partial charge in [-0.05, 0) is 56.0 Å². The molecule has 5 nitrogen and oxygen atoms in total. The first-order valence-electron chi connectivity index (χ1n) is 8.68. The molecule has 0 radical (unpaired) electrons. The highest BCUT2D eigenvalue weighted by molar-refractivity contribution is 5.65. The standard InChI is InChI=1S/C19H26N4O/c1-23(2)19-12-18(21-13-22-19)15-9-14(10-17(24)11-15)6-7-16-5-3-4-8-20-16/h9-13,16,20,24H,3-8H2,1-2H3/t16-/m1/s1. The fourth-order valence-electron chi connectivity index (χ4n) is 3.23. The molecule has 2 N–H and O–H groups in total. The SMILES string of the molecule is CN(C)c1cc(-c2cc(O)cc(CC[C@H]3CCCCN3)c2)ncn1. The zero-order valence-corrected chi connectivity index (χ0v) is 14.5. The molecule has 128 valence electrons. The van der Waals surface area contributed by atoms with Gasteiger partial charge in [-0.25, -0.2) is 9.97 Å². The van der Waals surface area contributed by atoms with E-state index in [0.717, 1.165) is 42.0 Å². The molecule has 24 heavy (non-hydrogen) atoms. The third kappa shape index (κ3) is 4.23. The Balaban J connectivity index is 1.77. The monoisotopic (exact) mass is 326 g/mol. The third-order valence-corrected chi connectivity index (χ3v) is 4.58. The maximum absolute atomic E-state index is 10.1. The quantitative estimate of drug-likeness (QED) is 0.884. The van der Waals surface area contributed by atoms with E-state index >= 15 is 0 Å².